The lowest BCUT2D eigenvalue weighted by atomic mass is 9.90. The molecule has 1 aliphatic rings. The first-order valence-electron chi connectivity index (χ1n) is 10.2. The van der Waals surface area contributed by atoms with Gasteiger partial charge in [-0.25, -0.2) is 0 Å². The van der Waals surface area contributed by atoms with E-state index in [0.29, 0.717) is 5.92 Å². The van der Waals surface area contributed by atoms with Gasteiger partial charge in [0.2, 0.25) is 0 Å². The fraction of sp³-hybridized carbons (Fsp3) is 0.636. The van der Waals surface area contributed by atoms with Crippen molar-refractivity contribution in [3.63, 3.8) is 0 Å². The molecular formula is C22H34O4Si. The molecule has 3 atom stereocenters. The van der Waals surface area contributed by atoms with Crippen molar-refractivity contribution in [3.05, 3.63) is 29.8 Å². The van der Waals surface area contributed by atoms with Crippen molar-refractivity contribution in [3.8, 4) is 0 Å². The fourth-order valence-corrected chi connectivity index (χ4v) is 4.66. The number of rotatable bonds is 9. The summed E-state index contributed by atoms with van der Waals surface area (Å²) in [6.07, 6.45) is 3.76. The lowest BCUT2D eigenvalue weighted by Crippen LogP contribution is -2.37. The monoisotopic (exact) mass is 390 g/mol. The van der Waals surface area contributed by atoms with Crippen molar-refractivity contribution in [2.75, 3.05) is 6.61 Å². The zero-order chi connectivity index (χ0) is 20.0. The van der Waals surface area contributed by atoms with Crippen molar-refractivity contribution in [1.82, 2.24) is 0 Å². The predicted octanol–water partition coefficient (Wildman–Crippen LogP) is 4.39. The summed E-state index contributed by atoms with van der Waals surface area (Å²) in [6, 6.07) is 9.18. The normalized spacial score (nSPS) is 19.4. The van der Waals surface area contributed by atoms with E-state index in [4.69, 9.17) is 9.47 Å². The number of ether oxygens (including phenoxy) is 2. The van der Waals surface area contributed by atoms with Gasteiger partial charge in [-0.2, -0.15) is 0 Å². The zero-order valence-corrected chi connectivity index (χ0v) is 18.4. The molecule has 0 spiro atoms. The van der Waals surface area contributed by atoms with Crippen LogP contribution in [0.4, 0.5) is 0 Å². The predicted molar refractivity (Wildman–Crippen MR) is 111 cm³/mol. The molecule has 0 radical (unpaired) electrons. The highest BCUT2D eigenvalue weighted by Gasteiger charge is 2.28. The summed E-state index contributed by atoms with van der Waals surface area (Å²) >= 11 is 0. The molecule has 3 unspecified atom stereocenters. The summed E-state index contributed by atoms with van der Waals surface area (Å²) in [5.41, 5.74) is 1.40. The summed E-state index contributed by atoms with van der Waals surface area (Å²) in [5.74, 6) is -0.116. The van der Waals surface area contributed by atoms with Crippen molar-refractivity contribution in [2.24, 2.45) is 5.92 Å². The Morgan fingerprint density at radius 3 is 2.41 bits per heavy atom. The molecule has 2 rings (SSSR count). The Bertz CT molecular complexity index is 633. The highest BCUT2D eigenvalue weighted by molar-refractivity contribution is 6.88. The van der Waals surface area contributed by atoms with E-state index in [1.807, 2.05) is 6.92 Å². The van der Waals surface area contributed by atoms with Crippen LogP contribution in [0.15, 0.2) is 24.3 Å². The summed E-state index contributed by atoms with van der Waals surface area (Å²) in [6.45, 7) is 11.4. The van der Waals surface area contributed by atoms with E-state index in [2.05, 4.69) is 50.8 Å². The second kappa shape index (κ2) is 9.54. The number of hydrogen-bond donors (Lipinski definition) is 0. The minimum Gasteiger partial charge on any atom is -0.462 e. The molecule has 0 aromatic heterocycles. The first-order valence-corrected chi connectivity index (χ1v) is 13.7. The molecule has 0 bridgehead atoms. The highest BCUT2D eigenvalue weighted by Crippen LogP contribution is 2.26. The quantitative estimate of drug-likeness (QED) is 0.463. The molecule has 1 heterocycles. The van der Waals surface area contributed by atoms with Gasteiger partial charge in [0, 0.05) is 0 Å². The van der Waals surface area contributed by atoms with Crippen LogP contribution in [0.2, 0.25) is 19.6 Å². The van der Waals surface area contributed by atoms with Gasteiger partial charge in [-0.1, -0.05) is 69.4 Å². The average molecular weight is 391 g/mol. The van der Waals surface area contributed by atoms with E-state index >= 15 is 0 Å². The summed E-state index contributed by atoms with van der Waals surface area (Å²) in [4.78, 5) is 23.3. The largest absolute Gasteiger partial charge is 0.462 e. The molecule has 0 N–H and O–H groups in total. The number of benzene rings is 1. The molecule has 4 nitrogen and oxygen atoms in total. The molecule has 1 aliphatic heterocycles. The summed E-state index contributed by atoms with van der Waals surface area (Å²) < 4.78 is 10.2. The van der Waals surface area contributed by atoms with Crippen LogP contribution < -0.4 is 5.19 Å². The molecule has 0 saturated carbocycles. The Labute approximate surface area is 164 Å². The molecule has 1 aromatic rings. The SMILES string of the molecule is CCC(CCCC(C)C(=O)OC1COC(=O)C1)c1ccc([Si](C)(C)C)cc1. The number of carbonyl (C=O) groups excluding carboxylic acids is 2. The fourth-order valence-electron chi connectivity index (χ4n) is 3.50. The van der Waals surface area contributed by atoms with E-state index in [0.717, 1.165) is 25.7 Å². The van der Waals surface area contributed by atoms with E-state index in [9.17, 15) is 9.59 Å². The minimum absolute atomic E-state index is 0.146. The second-order valence-electron chi connectivity index (χ2n) is 8.76. The Balaban J connectivity index is 1.79. The molecule has 27 heavy (non-hydrogen) atoms. The van der Waals surface area contributed by atoms with E-state index in [-0.39, 0.29) is 30.9 Å². The number of cyclic esters (lactones) is 1. The summed E-state index contributed by atoms with van der Waals surface area (Å²) in [5, 5.41) is 1.49. The molecular weight excluding hydrogens is 356 g/mol. The maximum Gasteiger partial charge on any atom is 0.309 e. The lowest BCUT2D eigenvalue weighted by molar-refractivity contribution is -0.153. The lowest BCUT2D eigenvalue weighted by Gasteiger charge is -2.20. The molecule has 5 heteroatoms. The third kappa shape index (κ3) is 6.49. The standard InChI is InChI=1S/C22H34O4Si/c1-6-17(18-10-12-20(13-11-18)27(3,4)5)9-7-8-16(2)22(24)26-19-14-21(23)25-15-19/h10-13,16-17,19H,6-9,14-15H2,1-5H3. The summed E-state index contributed by atoms with van der Waals surface area (Å²) in [7, 11) is -1.26. The Morgan fingerprint density at radius 1 is 1.22 bits per heavy atom. The Kier molecular flexibility index (Phi) is 7.65. The van der Waals surface area contributed by atoms with Crippen LogP contribution in [-0.4, -0.2) is 32.7 Å². The van der Waals surface area contributed by atoms with Gasteiger partial charge in [-0.15, -0.1) is 0 Å². The molecule has 1 aromatic carbocycles. The van der Waals surface area contributed by atoms with Crippen LogP contribution in [0.3, 0.4) is 0 Å². The number of carbonyl (C=O) groups is 2. The Morgan fingerprint density at radius 2 is 1.89 bits per heavy atom. The van der Waals surface area contributed by atoms with E-state index in [1.165, 1.54) is 10.8 Å². The smallest absolute Gasteiger partial charge is 0.309 e. The maximum atomic E-state index is 12.2. The highest BCUT2D eigenvalue weighted by atomic mass is 28.3. The second-order valence-corrected chi connectivity index (χ2v) is 13.8. The number of esters is 2. The van der Waals surface area contributed by atoms with Gasteiger partial charge in [0.1, 0.15) is 12.7 Å². The van der Waals surface area contributed by atoms with Crippen molar-refractivity contribution in [2.45, 2.75) is 77.6 Å². The first-order chi connectivity index (χ1) is 12.7. The van der Waals surface area contributed by atoms with Crippen molar-refractivity contribution in [1.29, 1.82) is 0 Å². The van der Waals surface area contributed by atoms with Gasteiger partial charge in [0.15, 0.2) is 0 Å². The average Bonchev–Trinajstić information content (AvgIpc) is 3.02. The number of hydrogen-bond acceptors (Lipinski definition) is 4. The molecule has 0 amide bonds. The van der Waals surface area contributed by atoms with Crippen LogP contribution in [-0.2, 0) is 19.1 Å². The minimum atomic E-state index is -1.26. The van der Waals surface area contributed by atoms with Gasteiger partial charge in [0.25, 0.3) is 0 Å². The van der Waals surface area contributed by atoms with Crippen LogP contribution in [0.25, 0.3) is 0 Å². The Hall–Kier alpha value is -1.62. The van der Waals surface area contributed by atoms with Crippen LogP contribution in [0.1, 0.15) is 57.4 Å². The molecule has 0 aliphatic carbocycles. The van der Waals surface area contributed by atoms with E-state index in [1.54, 1.807) is 0 Å². The van der Waals surface area contributed by atoms with Gasteiger partial charge in [0.05, 0.1) is 20.4 Å². The molecule has 1 fully saturated rings. The van der Waals surface area contributed by atoms with Gasteiger partial charge >= 0.3 is 11.9 Å². The van der Waals surface area contributed by atoms with Crippen LogP contribution in [0, 0.1) is 5.92 Å². The third-order valence-corrected chi connectivity index (χ3v) is 7.51. The van der Waals surface area contributed by atoms with Gasteiger partial charge < -0.3 is 9.47 Å². The van der Waals surface area contributed by atoms with E-state index < -0.39 is 14.2 Å². The first kappa shape index (κ1) is 21.7. The van der Waals surface area contributed by atoms with Crippen molar-refractivity contribution >= 4 is 25.2 Å². The molecule has 150 valence electrons. The van der Waals surface area contributed by atoms with Crippen LogP contribution >= 0.6 is 0 Å². The molecule has 1 saturated heterocycles. The third-order valence-electron chi connectivity index (χ3n) is 5.44. The van der Waals surface area contributed by atoms with Gasteiger partial charge in [-0.05, 0) is 30.7 Å². The maximum absolute atomic E-state index is 12.2. The topological polar surface area (TPSA) is 52.6 Å². The van der Waals surface area contributed by atoms with Gasteiger partial charge in [-0.3, -0.25) is 9.59 Å². The zero-order valence-electron chi connectivity index (χ0n) is 17.4. The van der Waals surface area contributed by atoms with Crippen molar-refractivity contribution < 1.29 is 19.1 Å². The van der Waals surface area contributed by atoms with Crippen LogP contribution in [0.5, 0.6) is 0 Å².